The highest BCUT2D eigenvalue weighted by molar-refractivity contribution is 6.21. The number of nitrogens with zero attached hydrogens (tertiary/aromatic N) is 1. The lowest BCUT2D eigenvalue weighted by molar-refractivity contribution is -0.113. The van der Waals surface area contributed by atoms with E-state index in [2.05, 4.69) is 0 Å². The first-order valence-electron chi connectivity index (χ1n) is 6.67. The van der Waals surface area contributed by atoms with Crippen LogP contribution < -0.4 is 0 Å². The topological polar surface area (TPSA) is 20.3 Å². The molecule has 0 heterocycles. The zero-order chi connectivity index (χ0) is 14.4. The number of hydrogen-bond donors (Lipinski definition) is 0. The molecule has 0 N–H and O–H groups in total. The Morgan fingerprint density at radius 3 is 2.05 bits per heavy atom. The normalized spacial score (nSPS) is 11.2. The van der Waals surface area contributed by atoms with Gasteiger partial charge >= 0.3 is 0 Å². The van der Waals surface area contributed by atoms with Crippen molar-refractivity contribution in [3.63, 3.8) is 0 Å². The van der Waals surface area contributed by atoms with Crippen molar-refractivity contribution >= 4 is 11.4 Å². The lowest BCUT2D eigenvalue weighted by Crippen LogP contribution is -2.11. The Balaban J connectivity index is 2.26. The van der Waals surface area contributed by atoms with Crippen LogP contribution in [0.25, 0.3) is 5.57 Å². The maximum atomic E-state index is 12.6. The summed E-state index contributed by atoms with van der Waals surface area (Å²) in [6, 6.07) is 19.6. The van der Waals surface area contributed by atoms with Crippen LogP contribution in [0.15, 0.2) is 66.9 Å². The van der Waals surface area contributed by atoms with Gasteiger partial charge in [-0.15, -0.1) is 0 Å². The summed E-state index contributed by atoms with van der Waals surface area (Å²) in [6.45, 7) is 0. The van der Waals surface area contributed by atoms with Crippen molar-refractivity contribution in [3.8, 4) is 0 Å². The van der Waals surface area contributed by atoms with Gasteiger partial charge in [0.25, 0.3) is 0 Å². The van der Waals surface area contributed by atoms with Crippen LogP contribution in [-0.4, -0.2) is 24.8 Å². The highest BCUT2D eigenvalue weighted by atomic mass is 16.1. The van der Waals surface area contributed by atoms with Gasteiger partial charge in [0, 0.05) is 32.3 Å². The Bertz CT molecular complexity index is 585. The van der Waals surface area contributed by atoms with Crippen LogP contribution in [-0.2, 0) is 11.2 Å². The second-order valence-corrected chi connectivity index (χ2v) is 4.96. The molecule has 0 saturated carbocycles. The number of rotatable bonds is 5. The highest BCUT2D eigenvalue weighted by Crippen LogP contribution is 2.18. The first-order valence-corrected chi connectivity index (χ1v) is 6.67. The van der Waals surface area contributed by atoms with Crippen molar-refractivity contribution in [3.05, 3.63) is 78.0 Å². The smallest absolute Gasteiger partial charge is 0.169 e. The average Bonchev–Trinajstić information content (AvgIpc) is 2.46. The first-order chi connectivity index (χ1) is 9.66. The summed E-state index contributed by atoms with van der Waals surface area (Å²) >= 11 is 0. The van der Waals surface area contributed by atoms with Gasteiger partial charge in [-0.2, -0.15) is 0 Å². The van der Waals surface area contributed by atoms with E-state index in [0.717, 1.165) is 16.7 Å². The summed E-state index contributed by atoms with van der Waals surface area (Å²) in [5.41, 5.74) is 2.75. The minimum absolute atomic E-state index is 0.135. The molecule has 0 radical (unpaired) electrons. The summed E-state index contributed by atoms with van der Waals surface area (Å²) < 4.78 is 0. The van der Waals surface area contributed by atoms with Crippen molar-refractivity contribution in [2.45, 2.75) is 6.42 Å². The van der Waals surface area contributed by atoms with Crippen LogP contribution in [0.4, 0.5) is 0 Å². The quantitative estimate of drug-likeness (QED) is 0.772. The summed E-state index contributed by atoms with van der Waals surface area (Å²) in [5.74, 6) is 0.135. The fourth-order valence-electron chi connectivity index (χ4n) is 2.06. The SMILES string of the molecule is CN(C)/C=C(\C(=O)Cc1ccccc1)c1ccccc1. The van der Waals surface area contributed by atoms with Crippen molar-refractivity contribution in [2.24, 2.45) is 0 Å². The van der Waals surface area contributed by atoms with Crippen molar-refractivity contribution in [1.82, 2.24) is 4.90 Å². The van der Waals surface area contributed by atoms with Crippen molar-refractivity contribution < 1.29 is 4.79 Å². The molecule has 0 saturated heterocycles. The maximum Gasteiger partial charge on any atom is 0.169 e. The Morgan fingerprint density at radius 1 is 0.950 bits per heavy atom. The van der Waals surface area contributed by atoms with E-state index >= 15 is 0 Å². The fraction of sp³-hybridized carbons (Fsp3) is 0.167. The molecule has 2 aromatic rings. The molecular weight excluding hydrogens is 246 g/mol. The molecule has 0 amide bonds. The van der Waals surface area contributed by atoms with Crippen LogP contribution in [0.2, 0.25) is 0 Å². The molecule has 2 heteroatoms. The van der Waals surface area contributed by atoms with Crippen LogP contribution in [0, 0.1) is 0 Å². The highest BCUT2D eigenvalue weighted by Gasteiger charge is 2.12. The van der Waals surface area contributed by atoms with Crippen molar-refractivity contribution in [2.75, 3.05) is 14.1 Å². The molecule has 0 spiro atoms. The van der Waals surface area contributed by atoms with E-state index in [9.17, 15) is 4.79 Å². The molecule has 0 aliphatic carbocycles. The third kappa shape index (κ3) is 3.82. The summed E-state index contributed by atoms with van der Waals surface area (Å²) in [7, 11) is 3.86. The standard InChI is InChI=1S/C18H19NO/c1-19(2)14-17(16-11-7-4-8-12-16)18(20)13-15-9-5-3-6-10-15/h3-12,14H,13H2,1-2H3/b17-14-. The molecule has 0 bridgehead atoms. The average molecular weight is 265 g/mol. The second kappa shape index (κ2) is 6.71. The first kappa shape index (κ1) is 14.1. The molecule has 0 aliphatic heterocycles. The minimum atomic E-state index is 0.135. The third-order valence-corrected chi connectivity index (χ3v) is 2.98. The molecule has 0 unspecified atom stereocenters. The molecule has 2 rings (SSSR count). The van der Waals surface area contributed by atoms with E-state index in [4.69, 9.17) is 0 Å². The molecular formula is C18H19NO. The number of benzene rings is 2. The van der Waals surface area contributed by atoms with Crippen LogP contribution in [0.1, 0.15) is 11.1 Å². The third-order valence-electron chi connectivity index (χ3n) is 2.98. The molecule has 102 valence electrons. The van der Waals surface area contributed by atoms with Crippen molar-refractivity contribution in [1.29, 1.82) is 0 Å². The molecule has 0 aromatic heterocycles. The number of ketones is 1. The molecule has 0 atom stereocenters. The maximum absolute atomic E-state index is 12.6. The van der Waals surface area contributed by atoms with Gasteiger partial charge in [0.2, 0.25) is 0 Å². The van der Waals surface area contributed by atoms with Gasteiger partial charge in [0.15, 0.2) is 5.78 Å². The van der Waals surface area contributed by atoms with Gasteiger partial charge in [-0.1, -0.05) is 60.7 Å². The van der Waals surface area contributed by atoms with Gasteiger partial charge in [0.1, 0.15) is 0 Å². The number of Topliss-reactive ketones (excluding diaryl/α,β-unsaturated/α-hetero) is 1. The monoisotopic (exact) mass is 265 g/mol. The molecule has 2 aromatic carbocycles. The van der Waals surface area contributed by atoms with E-state index < -0.39 is 0 Å². The van der Waals surface area contributed by atoms with Gasteiger partial charge in [-0.25, -0.2) is 0 Å². The molecule has 20 heavy (non-hydrogen) atoms. The summed E-state index contributed by atoms with van der Waals surface area (Å²) in [4.78, 5) is 14.5. The van der Waals surface area contributed by atoms with Crippen LogP contribution >= 0.6 is 0 Å². The number of allylic oxidation sites excluding steroid dienone is 1. The second-order valence-electron chi connectivity index (χ2n) is 4.96. The molecule has 2 nitrogen and oxygen atoms in total. The van der Waals surface area contributed by atoms with E-state index in [1.165, 1.54) is 0 Å². The van der Waals surface area contributed by atoms with E-state index in [1.807, 2.05) is 85.9 Å². The summed E-state index contributed by atoms with van der Waals surface area (Å²) in [5, 5.41) is 0. The zero-order valence-corrected chi connectivity index (χ0v) is 11.9. The lowest BCUT2D eigenvalue weighted by Gasteiger charge is -2.12. The number of hydrogen-bond acceptors (Lipinski definition) is 2. The fourth-order valence-corrected chi connectivity index (χ4v) is 2.06. The number of carbonyl (C=O) groups is 1. The minimum Gasteiger partial charge on any atom is -0.383 e. The Kier molecular flexibility index (Phi) is 4.72. The number of carbonyl (C=O) groups excluding carboxylic acids is 1. The molecule has 0 fully saturated rings. The summed E-state index contributed by atoms with van der Waals surface area (Å²) in [6.07, 6.45) is 2.32. The van der Waals surface area contributed by atoms with E-state index in [0.29, 0.717) is 6.42 Å². The Labute approximate surface area is 120 Å². The zero-order valence-electron chi connectivity index (χ0n) is 11.9. The Morgan fingerprint density at radius 2 is 1.50 bits per heavy atom. The Hall–Kier alpha value is -2.35. The largest absolute Gasteiger partial charge is 0.383 e. The van der Waals surface area contributed by atoms with Gasteiger partial charge < -0.3 is 4.90 Å². The molecule has 0 aliphatic rings. The van der Waals surface area contributed by atoms with Crippen LogP contribution in [0.3, 0.4) is 0 Å². The lowest BCUT2D eigenvalue weighted by atomic mass is 9.97. The van der Waals surface area contributed by atoms with E-state index in [1.54, 1.807) is 0 Å². The van der Waals surface area contributed by atoms with Gasteiger partial charge in [-0.3, -0.25) is 4.79 Å². The van der Waals surface area contributed by atoms with Gasteiger partial charge in [-0.05, 0) is 11.1 Å². The van der Waals surface area contributed by atoms with Gasteiger partial charge in [0.05, 0.1) is 0 Å². The van der Waals surface area contributed by atoms with E-state index in [-0.39, 0.29) is 5.78 Å². The predicted molar refractivity (Wildman–Crippen MR) is 83.3 cm³/mol. The predicted octanol–water partition coefficient (Wildman–Crippen LogP) is 3.40. The van der Waals surface area contributed by atoms with Crippen LogP contribution in [0.5, 0.6) is 0 Å².